The predicted octanol–water partition coefficient (Wildman–Crippen LogP) is 4.54. The van der Waals surface area contributed by atoms with Gasteiger partial charge in [-0.05, 0) is 36.8 Å². The molecular formula is C17H14BrN3O2S. The first-order chi connectivity index (χ1) is 11.6. The van der Waals surface area contributed by atoms with Crippen molar-refractivity contribution in [3.05, 3.63) is 58.6 Å². The van der Waals surface area contributed by atoms with E-state index in [1.165, 1.54) is 11.8 Å². The molecule has 0 unspecified atom stereocenters. The number of halogens is 1. The molecule has 5 nitrogen and oxygen atoms in total. The molecule has 1 amide bonds. The molecule has 1 aromatic heterocycles. The van der Waals surface area contributed by atoms with Crippen molar-refractivity contribution in [3.8, 4) is 11.5 Å². The third kappa shape index (κ3) is 4.24. The van der Waals surface area contributed by atoms with Crippen molar-refractivity contribution < 1.29 is 9.21 Å². The van der Waals surface area contributed by atoms with Crippen molar-refractivity contribution in [2.45, 2.75) is 12.1 Å². The predicted molar refractivity (Wildman–Crippen MR) is 98.0 cm³/mol. The highest BCUT2D eigenvalue weighted by molar-refractivity contribution is 9.10. The minimum atomic E-state index is -0.129. The largest absolute Gasteiger partial charge is 0.411 e. The Morgan fingerprint density at radius 3 is 2.75 bits per heavy atom. The van der Waals surface area contributed by atoms with E-state index in [1.807, 2.05) is 55.5 Å². The average molecular weight is 404 g/mol. The van der Waals surface area contributed by atoms with E-state index in [4.69, 9.17) is 4.42 Å². The summed E-state index contributed by atoms with van der Waals surface area (Å²) in [5.41, 5.74) is 2.71. The monoisotopic (exact) mass is 403 g/mol. The molecule has 7 heteroatoms. The summed E-state index contributed by atoms with van der Waals surface area (Å²) in [5, 5.41) is 11.2. The molecule has 0 bridgehead atoms. The summed E-state index contributed by atoms with van der Waals surface area (Å²) in [5.74, 6) is 0.512. The molecule has 1 N–H and O–H groups in total. The second kappa shape index (κ2) is 7.63. The van der Waals surface area contributed by atoms with Gasteiger partial charge in [0.2, 0.25) is 11.8 Å². The van der Waals surface area contributed by atoms with Crippen LogP contribution in [0.4, 0.5) is 5.69 Å². The summed E-state index contributed by atoms with van der Waals surface area (Å²) in [7, 11) is 0. The van der Waals surface area contributed by atoms with Crippen LogP contribution in [0.3, 0.4) is 0 Å². The number of carbonyl (C=O) groups is 1. The van der Waals surface area contributed by atoms with Crippen LogP contribution in [0.2, 0.25) is 0 Å². The molecule has 0 radical (unpaired) electrons. The molecule has 24 heavy (non-hydrogen) atoms. The van der Waals surface area contributed by atoms with Gasteiger partial charge in [-0.25, -0.2) is 0 Å². The summed E-state index contributed by atoms with van der Waals surface area (Å²) in [6, 6.07) is 15.2. The Balaban J connectivity index is 1.56. The maximum absolute atomic E-state index is 12.0. The third-order valence-corrected chi connectivity index (χ3v) is 4.88. The zero-order valence-corrected chi connectivity index (χ0v) is 15.2. The third-order valence-electron chi connectivity index (χ3n) is 3.21. The average Bonchev–Trinajstić information content (AvgIpc) is 3.06. The number of aryl methyl sites for hydroxylation is 1. The molecule has 3 aromatic rings. The van der Waals surface area contributed by atoms with E-state index >= 15 is 0 Å². The molecule has 0 spiro atoms. The quantitative estimate of drug-likeness (QED) is 0.633. The van der Waals surface area contributed by atoms with Crippen LogP contribution in [0, 0.1) is 6.92 Å². The Morgan fingerprint density at radius 1 is 1.21 bits per heavy atom. The fraction of sp³-hybridized carbons (Fsp3) is 0.118. The highest BCUT2D eigenvalue weighted by Crippen LogP contribution is 2.24. The van der Waals surface area contributed by atoms with Crippen LogP contribution in [0.1, 0.15) is 5.56 Å². The van der Waals surface area contributed by atoms with Gasteiger partial charge >= 0.3 is 0 Å². The van der Waals surface area contributed by atoms with Gasteiger partial charge in [0.25, 0.3) is 5.22 Å². The number of nitrogens with one attached hydrogen (secondary N) is 1. The van der Waals surface area contributed by atoms with Gasteiger partial charge in [0.15, 0.2) is 0 Å². The lowest BCUT2D eigenvalue weighted by Crippen LogP contribution is -2.14. The van der Waals surface area contributed by atoms with E-state index in [0.29, 0.717) is 11.1 Å². The normalized spacial score (nSPS) is 10.6. The van der Waals surface area contributed by atoms with Crippen LogP contribution in [-0.4, -0.2) is 21.9 Å². The van der Waals surface area contributed by atoms with E-state index in [1.54, 1.807) is 0 Å². The first-order valence-electron chi connectivity index (χ1n) is 7.19. The Morgan fingerprint density at radius 2 is 2.00 bits per heavy atom. The van der Waals surface area contributed by atoms with Crippen LogP contribution in [0.5, 0.6) is 0 Å². The van der Waals surface area contributed by atoms with Gasteiger partial charge in [0.05, 0.1) is 5.75 Å². The SMILES string of the molecule is Cc1ccc(NC(=O)CSc2nnc(-c3ccccc3)o2)cc1Br. The van der Waals surface area contributed by atoms with E-state index in [-0.39, 0.29) is 11.7 Å². The fourth-order valence-corrected chi connectivity index (χ4v) is 2.90. The summed E-state index contributed by atoms with van der Waals surface area (Å²) in [6.45, 7) is 1.99. The number of carbonyl (C=O) groups excluding carboxylic acids is 1. The Kier molecular flexibility index (Phi) is 5.32. The number of amides is 1. The molecule has 2 aromatic carbocycles. The van der Waals surface area contributed by atoms with Gasteiger partial charge in [-0.1, -0.05) is 52.0 Å². The standard InChI is InChI=1S/C17H14BrN3O2S/c1-11-7-8-13(9-14(11)18)19-15(22)10-24-17-21-20-16(23-17)12-5-3-2-4-6-12/h2-9H,10H2,1H3,(H,19,22). The lowest BCUT2D eigenvalue weighted by atomic mass is 10.2. The van der Waals surface area contributed by atoms with E-state index < -0.39 is 0 Å². The van der Waals surface area contributed by atoms with Crippen LogP contribution < -0.4 is 5.32 Å². The molecule has 3 rings (SSSR count). The molecule has 0 saturated carbocycles. The zero-order chi connectivity index (χ0) is 16.9. The van der Waals surface area contributed by atoms with Crippen molar-refractivity contribution in [2.24, 2.45) is 0 Å². The number of anilines is 1. The minimum Gasteiger partial charge on any atom is -0.411 e. The summed E-state index contributed by atoms with van der Waals surface area (Å²) < 4.78 is 6.51. The highest BCUT2D eigenvalue weighted by Gasteiger charge is 2.11. The maximum atomic E-state index is 12.0. The van der Waals surface area contributed by atoms with Gasteiger partial charge in [-0.2, -0.15) is 0 Å². The van der Waals surface area contributed by atoms with Gasteiger partial charge in [-0.3, -0.25) is 4.79 Å². The van der Waals surface area contributed by atoms with Crippen molar-refractivity contribution in [1.29, 1.82) is 0 Å². The second-order valence-electron chi connectivity index (χ2n) is 5.04. The first kappa shape index (κ1) is 16.7. The molecule has 0 saturated heterocycles. The van der Waals surface area contributed by atoms with Crippen molar-refractivity contribution in [3.63, 3.8) is 0 Å². The van der Waals surface area contributed by atoms with Crippen molar-refractivity contribution in [1.82, 2.24) is 10.2 Å². The van der Waals surface area contributed by atoms with E-state index in [0.717, 1.165) is 21.3 Å². The number of thioether (sulfide) groups is 1. The molecule has 1 heterocycles. The molecule has 0 aliphatic carbocycles. The summed E-state index contributed by atoms with van der Waals surface area (Å²) in [6.07, 6.45) is 0. The Labute approximate surface area is 152 Å². The summed E-state index contributed by atoms with van der Waals surface area (Å²) in [4.78, 5) is 12.0. The van der Waals surface area contributed by atoms with E-state index in [2.05, 4.69) is 31.4 Å². The number of rotatable bonds is 5. The molecule has 122 valence electrons. The highest BCUT2D eigenvalue weighted by atomic mass is 79.9. The zero-order valence-electron chi connectivity index (χ0n) is 12.8. The molecule has 0 atom stereocenters. The van der Waals surface area contributed by atoms with Crippen LogP contribution in [0.15, 0.2) is 62.6 Å². The topological polar surface area (TPSA) is 68.0 Å². The number of benzene rings is 2. The smallest absolute Gasteiger partial charge is 0.277 e. The van der Waals surface area contributed by atoms with E-state index in [9.17, 15) is 4.79 Å². The first-order valence-corrected chi connectivity index (χ1v) is 8.97. The lowest BCUT2D eigenvalue weighted by molar-refractivity contribution is -0.113. The molecule has 0 fully saturated rings. The Bertz CT molecular complexity index is 852. The van der Waals surface area contributed by atoms with Crippen LogP contribution in [0.25, 0.3) is 11.5 Å². The lowest BCUT2D eigenvalue weighted by Gasteiger charge is -2.06. The number of hydrogen-bond donors (Lipinski definition) is 1. The summed E-state index contributed by atoms with van der Waals surface area (Å²) >= 11 is 4.65. The number of aromatic nitrogens is 2. The van der Waals surface area contributed by atoms with Crippen LogP contribution in [-0.2, 0) is 4.79 Å². The van der Waals surface area contributed by atoms with Gasteiger partial charge in [0.1, 0.15) is 0 Å². The maximum Gasteiger partial charge on any atom is 0.277 e. The van der Waals surface area contributed by atoms with Crippen molar-refractivity contribution in [2.75, 3.05) is 11.1 Å². The number of hydrogen-bond acceptors (Lipinski definition) is 5. The van der Waals surface area contributed by atoms with Gasteiger partial charge in [0, 0.05) is 15.7 Å². The molecule has 0 aliphatic heterocycles. The molecular weight excluding hydrogens is 390 g/mol. The fourth-order valence-electron chi connectivity index (χ4n) is 1.96. The Hall–Kier alpha value is -2.12. The second-order valence-corrected chi connectivity index (χ2v) is 6.82. The molecule has 0 aliphatic rings. The van der Waals surface area contributed by atoms with Crippen molar-refractivity contribution >= 4 is 39.3 Å². The van der Waals surface area contributed by atoms with Gasteiger partial charge in [-0.15, -0.1) is 10.2 Å². The van der Waals surface area contributed by atoms with Gasteiger partial charge < -0.3 is 9.73 Å². The van der Waals surface area contributed by atoms with Crippen LogP contribution >= 0.6 is 27.7 Å². The minimum absolute atomic E-state index is 0.129. The number of nitrogens with zero attached hydrogens (tertiary/aromatic N) is 2.